The lowest BCUT2D eigenvalue weighted by Gasteiger charge is -2.18. The van der Waals surface area contributed by atoms with Crippen LogP contribution in [0.4, 0.5) is 10.5 Å². The van der Waals surface area contributed by atoms with Gasteiger partial charge in [-0.05, 0) is 48.1 Å². The number of benzene rings is 2. The van der Waals surface area contributed by atoms with Crippen molar-refractivity contribution in [3.63, 3.8) is 0 Å². The maximum absolute atomic E-state index is 12.3. The van der Waals surface area contributed by atoms with E-state index in [2.05, 4.69) is 48.8 Å². The molecule has 0 aliphatic carbocycles. The number of thioether (sulfide) groups is 1. The number of anilines is 1. The van der Waals surface area contributed by atoms with Crippen molar-refractivity contribution in [3.8, 4) is 0 Å². The predicted molar refractivity (Wildman–Crippen MR) is 94.5 cm³/mol. The van der Waals surface area contributed by atoms with Gasteiger partial charge in [0.25, 0.3) is 0 Å². The highest BCUT2D eigenvalue weighted by Gasteiger charge is 2.09. The number of nitrogens with one attached hydrogen (secondary N) is 1. The second kappa shape index (κ2) is 7.90. The van der Waals surface area contributed by atoms with Gasteiger partial charge in [0.15, 0.2) is 0 Å². The van der Waals surface area contributed by atoms with Crippen molar-refractivity contribution >= 4 is 23.5 Å². The summed E-state index contributed by atoms with van der Waals surface area (Å²) in [4.78, 5) is 15.2. The molecule has 0 heterocycles. The van der Waals surface area contributed by atoms with Crippen LogP contribution in [-0.4, -0.2) is 24.2 Å². The molecule has 0 spiro atoms. The molecule has 0 radical (unpaired) electrons. The van der Waals surface area contributed by atoms with Crippen LogP contribution in [0.5, 0.6) is 0 Å². The molecule has 0 saturated carbocycles. The van der Waals surface area contributed by atoms with Crippen molar-refractivity contribution in [3.05, 3.63) is 59.7 Å². The molecule has 1 N–H and O–H groups in total. The predicted octanol–water partition coefficient (Wildman–Crippen LogP) is 4.63. The molecule has 2 rings (SSSR count). The van der Waals surface area contributed by atoms with Crippen LogP contribution < -0.4 is 5.32 Å². The summed E-state index contributed by atoms with van der Waals surface area (Å²) in [5.41, 5.74) is 3.18. The minimum absolute atomic E-state index is 0.0952. The molecule has 2 amide bonds. The van der Waals surface area contributed by atoms with E-state index < -0.39 is 0 Å². The summed E-state index contributed by atoms with van der Waals surface area (Å²) in [5.74, 6) is 0. The van der Waals surface area contributed by atoms with Crippen molar-refractivity contribution in [2.75, 3.05) is 18.6 Å². The number of aryl methyl sites for hydroxylation is 1. The number of hydrogen-bond acceptors (Lipinski definition) is 2. The van der Waals surface area contributed by atoms with Crippen molar-refractivity contribution in [1.29, 1.82) is 0 Å². The molecule has 0 aliphatic heterocycles. The number of urea groups is 1. The highest BCUT2D eigenvalue weighted by atomic mass is 32.2. The van der Waals surface area contributed by atoms with E-state index in [1.54, 1.807) is 16.7 Å². The molecule has 0 aromatic heterocycles. The monoisotopic (exact) mass is 314 g/mol. The molecule has 22 heavy (non-hydrogen) atoms. The lowest BCUT2D eigenvalue weighted by atomic mass is 10.1. The molecule has 4 heteroatoms. The Balaban J connectivity index is 1.96. The van der Waals surface area contributed by atoms with E-state index in [1.165, 1.54) is 10.5 Å². The first-order valence-electron chi connectivity index (χ1n) is 7.36. The van der Waals surface area contributed by atoms with E-state index in [9.17, 15) is 4.79 Å². The molecule has 0 saturated heterocycles. The first-order valence-corrected chi connectivity index (χ1v) is 8.59. The Morgan fingerprint density at radius 3 is 2.50 bits per heavy atom. The van der Waals surface area contributed by atoms with Gasteiger partial charge in [-0.2, -0.15) is 0 Å². The molecule has 0 aliphatic rings. The van der Waals surface area contributed by atoms with Crippen LogP contribution >= 0.6 is 11.8 Å². The SMILES string of the molecule is CCc1cccc(NC(=O)N(C)Cc2ccc(SC)cc2)c1. The molecule has 0 fully saturated rings. The summed E-state index contributed by atoms with van der Waals surface area (Å²) >= 11 is 1.72. The van der Waals surface area contributed by atoms with Crippen molar-refractivity contribution in [2.45, 2.75) is 24.8 Å². The Labute approximate surface area is 136 Å². The highest BCUT2D eigenvalue weighted by Crippen LogP contribution is 2.16. The van der Waals surface area contributed by atoms with Crippen LogP contribution in [0, 0.1) is 0 Å². The topological polar surface area (TPSA) is 32.3 Å². The van der Waals surface area contributed by atoms with E-state index in [0.29, 0.717) is 6.54 Å². The zero-order chi connectivity index (χ0) is 15.9. The Bertz CT molecular complexity index is 625. The van der Waals surface area contributed by atoms with Crippen LogP contribution in [0.2, 0.25) is 0 Å². The molecule has 0 unspecified atom stereocenters. The van der Waals surface area contributed by atoms with Crippen LogP contribution in [0.25, 0.3) is 0 Å². The number of hydrogen-bond donors (Lipinski definition) is 1. The second-order valence-corrected chi connectivity index (χ2v) is 6.07. The normalized spacial score (nSPS) is 10.3. The van der Waals surface area contributed by atoms with Crippen molar-refractivity contribution in [1.82, 2.24) is 4.90 Å². The minimum Gasteiger partial charge on any atom is -0.323 e. The summed E-state index contributed by atoms with van der Waals surface area (Å²) in [5, 5.41) is 2.94. The van der Waals surface area contributed by atoms with Crippen LogP contribution in [-0.2, 0) is 13.0 Å². The van der Waals surface area contributed by atoms with Gasteiger partial charge in [0.2, 0.25) is 0 Å². The largest absolute Gasteiger partial charge is 0.323 e. The van der Waals surface area contributed by atoms with Crippen LogP contribution in [0.3, 0.4) is 0 Å². The molecule has 116 valence electrons. The van der Waals surface area contributed by atoms with Gasteiger partial charge < -0.3 is 10.2 Å². The van der Waals surface area contributed by atoms with Gasteiger partial charge in [-0.15, -0.1) is 11.8 Å². The lowest BCUT2D eigenvalue weighted by Crippen LogP contribution is -2.30. The van der Waals surface area contributed by atoms with E-state index in [-0.39, 0.29) is 6.03 Å². The third kappa shape index (κ3) is 4.53. The quantitative estimate of drug-likeness (QED) is 0.816. The van der Waals surface area contributed by atoms with Gasteiger partial charge in [-0.1, -0.05) is 31.2 Å². The molecular weight excluding hydrogens is 292 g/mol. The Kier molecular flexibility index (Phi) is 5.90. The average Bonchev–Trinajstić information content (AvgIpc) is 2.55. The summed E-state index contributed by atoms with van der Waals surface area (Å²) in [6, 6.07) is 16.1. The van der Waals surface area contributed by atoms with Crippen LogP contribution in [0.15, 0.2) is 53.4 Å². The van der Waals surface area contributed by atoms with E-state index >= 15 is 0 Å². The van der Waals surface area contributed by atoms with E-state index in [4.69, 9.17) is 0 Å². The van der Waals surface area contributed by atoms with Gasteiger partial charge in [0.05, 0.1) is 0 Å². The highest BCUT2D eigenvalue weighted by molar-refractivity contribution is 7.98. The standard InChI is InChI=1S/C18H22N2OS/c1-4-14-6-5-7-16(12-14)19-18(21)20(2)13-15-8-10-17(22-3)11-9-15/h5-12H,4,13H2,1-3H3,(H,19,21). The van der Waals surface area contributed by atoms with Crippen molar-refractivity contribution < 1.29 is 4.79 Å². The number of nitrogens with zero attached hydrogens (tertiary/aromatic N) is 1. The van der Waals surface area contributed by atoms with Gasteiger partial charge in [-0.25, -0.2) is 4.79 Å². The smallest absolute Gasteiger partial charge is 0.321 e. The third-order valence-electron chi connectivity index (χ3n) is 3.51. The number of amides is 2. The van der Waals surface area contributed by atoms with Crippen molar-refractivity contribution in [2.24, 2.45) is 0 Å². The van der Waals surface area contributed by atoms with Crippen LogP contribution in [0.1, 0.15) is 18.1 Å². The Morgan fingerprint density at radius 2 is 1.86 bits per heavy atom. The van der Waals surface area contributed by atoms with Gasteiger partial charge >= 0.3 is 6.03 Å². The van der Waals surface area contributed by atoms with E-state index in [1.807, 2.05) is 25.2 Å². The van der Waals surface area contributed by atoms with Gasteiger partial charge in [0.1, 0.15) is 0 Å². The second-order valence-electron chi connectivity index (χ2n) is 5.19. The fourth-order valence-electron chi connectivity index (χ4n) is 2.16. The summed E-state index contributed by atoms with van der Waals surface area (Å²) in [7, 11) is 1.81. The zero-order valence-electron chi connectivity index (χ0n) is 13.3. The fourth-order valence-corrected chi connectivity index (χ4v) is 2.57. The molecule has 3 nitrogen and oxygen atoms in total. The average molecular weight is 314 g/mol. The molecule has 2 aromatic rings. The van der Waals surface area contributed by atoms with E-state index in [0.717, 1.165) is 17.7 Å². The molecule has 0 bridgehead atoms. The maximum atomic E-state index is 12.3. The first kappa shape index (κ1) is 16.4. The van der Waals surface area contributed by atoms with Gasteiger partial charge in [0, 0.05) is 24.2 Å². The first-order chi connectivity index (χ1) is 10.6. The summed E-state index contributed by atoms with van der Waals surface area (Å²) in [6.45, 7) is 2.69. The minimum atomic E-state index is -0.0952. The fraction of sp³-hybridized carbons (Fsp3) is 0.278. The number of rotatable bonds is 5. The zero-order valence-corrected chi connectivity index (χ0v) is 14.1. The molecule has 0 atom stereocenters. The number of carbonyl (C=O) groups is 1. The number of carbonyl (C=O) groups excluding carboxylic acids is 1. The Hall–Kier alpha value is -1.94. The molecule has 2 aromatic carbocycles. The Morgan fingerprint density at radius 1 is 1.14 bits per heavy atom. The maximum Gasteiger partial charge on any atom is 0.321 e. The van der Waals surface area contributed by atoms with Gasteiger partial charge in [-0.3, -0.25) is 0 Å². The summed E-state index contributed by atoms with van der Waals surface area (Å²) in [6.07, 6.45) is 3.01. The third-order valence-corrected chi connectivity index (χ3v) is 4.26. The summed E-state index contributed by atoms with van der Waals surface area (Å²) < 4.78 is 0. The lowest BCUT2D eigenvalue weighted by molar-refractivity contribution is 0.220. The molecular formula is C18H22N2OS.